The van der Waals surface area contributed by atoms with Gasteiger partial charge in [-0.3, -0.25) is 19.0 Å². The van der Waals surface area contributed by atoms with Crippen molar-refractivity contribution in [3.8, 4) is 11.1 Å². The SMILES string of the molecule is CCOC(=O)Cn1nc(C2CCN(C(C)=O)CC2)c2c(-c3cc4c(cnn4C)cc3F)cccc21. The molecule has 0 spiro atoms. The summed E-state index contributed by atoms with van der Waals surface area (Å²) >= 11 is 0. The zero-order chi connectivity index (χ0) is 24.7. The highest BCUT2D eigenvalue weighted by molar-refractivity contribution is 5.99. The summed E-state index contributed by atoms with van der Waals surface area (Å²) in [4.78, 5) is 26.0. The highest BCUT2D eigenvalue weighted by Gasteiger charge is 2.28. The van der Waals surface area contributed by atoms with E-state index in [0.29, 0.717) is 18.7 Å². The molecule has 1 saturated heterocycles. The van der Waals surface area contributed by atoms with E-state index in [0.717, 1.165) is 45.9 Å². The van der Waals surface area contributed by atoms with Crippen molar-refractivity contribution in [2.75, 3.05) is 19.7 Å². The van der Waals surface area contributed by atoms with Gasteiger partial charge in [-0.2, -0.15) is 10.2 Å². The molecule has 0 atom stereocenters. The lowest BCUT2D eigenvalue weighted by Crippen LogP contribution is -2.36. The molecule has 4 aromatic rings. The van der Waals surface area contributed by atoms with E-state index in [1.54, 1.807) is 29.4 Å². The number of fused-ring (bicyclic) bond motifs is 2. The van der Waals surface area contributed by atoms with Crippen molar-refractivity contribution < 1.29 is 18.7 Å². The first-order chi connectivity index (χ1) is 16.9. The lowest BCUT2D eigenvalue weighted by atomic mass is 9.89. The van der Waals surface area contributed by atoms with Crippen LogP contribution in [0.3, 0.4) is 0 Å². The number of ether oxygens (including phenoxy) is 1. The fourth-order valence-corrected chi connectivity index (χ4v) is 5.06. The first-order valence-corrected chi connectivity index (χ1v) is 11.9. The molecule has 1 fully saturated rings. The predicted octanol–water partition coefficient (Wildman–Crippen LogP) is 4.02. The summed E-state index contributed by atoms with van der Waals surface area (Å²) in [6.45, 7) is 4.90. The van der Waals surface area contributed by atoms with Gasteiger partial charge < -0.3 is 9.64 Å². The van der Waals surface area contributed by atoms with Gasteiger partial charge in [0.15, 0.2) is 0 Å². The van der Waals surface area contributed by atoms with Crippen LogP contribution in [-0.2, 0) is 27.9 Å². The summed E-state index contributed by atoms with van der Waals surface area (Å²) in [6, 6.07) is 8.98. The molecule has 2 aromatic carbocycles. The van der Waals surface area contributed by atoms with Crippen molar-refractivity contribution in [3.63, 3.8) is 0 Å². The zero-order valence-electron chi connectivity index (χ0n) is 20.1. The molecule has 1 aliphatic heterocycles. The van der Waals surface area contributed by atoms with Gasteiger partial charge in [-0.25, -0.2) is 4.39 Å². The minimum absolute atomic E-state index is 0.0245. The number of carbonyl (C=O) groups is 2. The lowest BCUT2D eigenvalue weighted by molar-refractivity contribution is -0.144. The Balaban J connectivity index is 1.67. The number of hydrogen-bond acceptors (Lipinski definition) is 5. The number of aryl methyl sites for hydroxylation is 1. The van der Waals surface area contributed by atoms with E-state index in [1.165, 1.54) is 6.07 Å². The normalized spacial score (nSPS) is 14.7. The average Bonchev–Trinajstić information content (AvgIpc) is 3.39. The topological polar surface area (TPSA) is 82.2 Å². The third-order valence-electron chi connectivity index (χ3n) is 6.84. The van der Waals surface area contributed by atoms with Crippen molar-refractivity contribution in [2.45, 2.75) is 39.2 Å². The minimum atomic E-state index is -0.372. The van der Waals surface area contributed by atoms with Crippen molar-refractivity contribution >= 4 is 33.7 Å². The number of aromatic nitrogens is 4. The molecule has 5 rings (SSSR count). The molecule has 0 aliphatic carbocycles. The molecule has 1 amide bonds. The Bertz CT molecular complexity index is 1430. The number of halogens is 1. The highest BCUT2D eigenvalue weighted by Crippen LogP contribution is 2.39. The summed E-state index contributed by atoms with van der Waals surface area (Å²) in [5, 5.41) is 10.7. The Hall–Kier alpha value is -3.75. The van der Waals surface area contributed by atoms with Crippen LogP contribution in [0.2, 0.25) is 0 Å². The monoisotopic (exact) mass is 477 g/mol. The van der Waals surface area contributed by atoms with Crippen LogP contribution in [-0.4, -0.2) is 56.0 Å². The first kappa shape index (κ1) is 23.0. The number of amides is 1. The second kappa shape index (κ2) is 9.13. The predicted molar refractivity (Wildman–Crippen MR) is 130 cm³/mol. The molecule has 8 nitrogen and oxygen atoms in total. The van der Waals surface area contributed by atoms with E-state index in [-0.39, 0.29) is 36.8 Å². The van der Waals surface area contributed by atoms with Crippen molar-refractivity contribution in [2.24, 2.45) is 7.05 Å². The maximum atomic E-state index is 15.4. The number of nitrogens with zero attached hydrogens (tertiary/aromatic N) is 5. The molecule has 1 aliphatic rings. The van der Waals surface area contributed by atoms with Crippen molar-refractivity contribution in [3.05, 3.63) is 48.0 Å². The highest BCUT2D eigenvalue weighted by atomic mass is 19.1. The molecule has 0 N–H and O–H groups in total. The van der Waals surface area contributed by atoms with Crippen LogP contribution in [0.15, 0.2) is 36.5 Å². The van der Waals surface area contributed by atoms with Gasteiger partial charge in [-0.15, -0.1) is 0 Å². The summed E-state index contributed by atoms with van der Waals surface area (Å²) in [6.07, 6.45) is 3.15. The number of carbonyl (C=O) groups excluding carboxylic acids is 2. The number of rotatable bonds is 5. The maximum absolute atomic E-state index is 15.4. The average molecular weight is 478 g/mol. The molecular formula is C26H28FN5O3. The smallest absolute Gasteiger partial charge is 0.327 e. The third-order valence-corrected chi connectivity index (χ3v) is 6.84. The van der Waals surface area contributed by atoms with Crippen LogP contribution < -0.4 is 0 Å². The van der Waals surface area contributed by atoms with E-state index < -0.39 is 0 Å². The number of benzene rings is 2. The summed E-state index contributed by atoms with van der Waals surface area (Å²) in [5.41, 5.74) is 3.59. The summed E-state index contributed by atoms with van der Waals surface area (Å²) < 4.78 is 23.9. The Morgan fingerprint density at radius 1 is 1.14 bits per heavy atom. The van der Waals surface area contributed by atoms with E-state index in [2.05, 4.69) is 5.10 Å². The van der Waals surface area contributed by atoms with Gasteiger partial charge >= 0.3 is 5.97 Å². The summed E-state index contributed by atoms with van der Waals surface area (Å²) in [5.74, 6) is -0.564. The molecule has 3 heterocycles. The number of esters is 1. The second-order valence-electron chi connectivity index (χ2n) is 8.99. The van der Waals surface area contributed by atoms with Crippen LogP contribution in [0.25, 0.3) is 32.9 Å². The Morgan fingerprint density at radius 3 is 2.63 bits per heavy atom. The molecule has 0 unspecified atom stereocenters. The molecule has 0 saturated carbocycles. The first-order valence-electron chi connectivity index (χ1n) is 11.9. The fourth-order valence-electron chi connectivity index (χ4n) is 5.06. The van der Waals surface area contributed by atoms with Gasteiger partial charge in [0.05, 0.1) is 29.5 Å². The van der Waals surface area contributed by atoms with Crippen molar-refractivity contribution in [1.29, 1.82) is 0 Å². The van der Waals surface area contributed by atoms with E-state index in [1.807, 2.05) is 36.2 Å². The molecular weight excluding hydrogens is 449 g/mol. The van der Waals surface area contributed by atoms with Crippen LogP contribution in [0.5, 0.6) is 0 Å². The van der Waals surface area contributed by atoms with Gasteiger partial charge in [0.1, 0.15) is 12.4 Å². The Kier molecular flexibility index (Phi) is 6.00. The van der Waals surface area contributed by atoms with Crippen LogP contribution in [0.1, 0.15) is 38.3 Å². The lowest BCUT2D eigenvalue weighted by Gasteiger charge is -2.30. The van der Waals surface area contributed by atoms with Gasteiger partial charge in [0.25, 0.3) is 0 Å². The number of hydrogen-bond donors (Lipinski definition) is 0. The van der Waals surface area contributed by atoms with Crippen LogP contribution >= 0.6 is 0 Å². The maximum Gasteiger partial charge on any atom is 0.327 e. The molecule has 0 radical (unpaired) electrons. The molecule has 0 bridgehead atoms. The van der Waals surface area contributed by atoms with Gasteiger partial charge in [-0.1, -0.05) is 12.1 Å². The second-order valence-corrected chi connectivity index (χ2v) is 8.99. The summed E-state index contributed by atoms with van der Waals surface area (Å²) in [7, 11) is 1.83. The largest absolute Gasteiger partial charge is 0.465 e. The quantitative estimate of drug-likeness (QED) is 0.406. The molecule has 9 heteroatoms. The minimum Gasteiger partial charge on any atom is -0.465 e. The van der Waals surface area contributed by atoms with Gasteiger partial charge in [-0.05, 0) is 43.5 Å². The Morgan fingerprint density at radius 2 is 1.91 bits per heavy atom. The van der Waals surface area contributed by atoms with E-state index in [9.17, 15) is 9.59 Å². The molecule has 182 valence electrons. The van der Waals surface area contributed by atoms with Crippen molar-refractivity contribution in [1.82, 2.24) is 24.5 Å². The Labute approximate surface area is 202 Å². The fraction of sp³-hybridized carbons (Fsp3) is 0.385. The molecule has 2 aromatic heterocycles. The van der Waals surface area contributed by atoms with Crippen LogP contribution in [0.4, 0.5) is 4.39 Å². The standard InChI is InChI=1S/C26H28FN5O3/c1-4-35-24(34)15-32-22-7-5-6-19(20-13-23-18(12-21(20)27)14-28-30(23)3)25(22)26(29-32)17-8-10-31(11-9-17)16(2)33/h5-7,12-14,17H,4,8-11,15H2,1-3H3. The van der Waals surface area contributed by atoms with Crippen LogP contribution in [0, 0.1) is 5.82 Å². The number of piperidine rings is 1. The van der Waals surface area contributed by atoms with E-state index >= 15 is 4.39 Å². The van der Waals surface area contributed by atoms with E-state index in [4.69, 9.17) is 9.84 Å². The number of likely N-dealkylation sites (tertiary alicyclic amines) is 1. The van der Waals surface area contributed by atoms with Gasteiger partial charge in [0, 0.05) is 49.3 Å². The van der Waals surface area contributed by atoms with Gasteiger partial charge in [0.2, 0.25) is 5.91 Å². The molecule has 35 heavy (non-hydrogen) atoms. The zero-order valence-corrected chi connectivity index (χ0v) is 20.1. The third kappa shape index (κ3) is 4.15.